The van der Waals surface area contributed by atoms with E-state index >= 15 is 0 Å². The average molecular weight is 1260 g/mol. The predicted octanol–water partition coefficient (Wildman–Crippen LogP) is 25.2. The highest BCUT2D eigenvalue weighted by atomic mass is 31.2. The topological polar surface area (TPSA) is 108 Å². The van der Waals surface area contributed by atoms with Gasteiger partial charge in [0.1, 0.15) is 19.8 Å². The molecule has 0 radical (unpaired) electrons. The Morgan fingerprint density at radius 3 is 0.920 bits per heavy atom. The van der Waals surface area contributed by atoms with Gasteiger partial charge in [-0.2, -0.15) is 0 Å². The largest absolute Gasteiger partial charge is 0.472 e. The Kier molecular flexibility index (Phi) is 67.7. The summed E-state index contributed by atoms with van der Waals surface area (Å²) in [5, 5.41) is 0. The molecule has 0 spiro atoms. The van der Waals surface area contributed by atoms with Crippen molar-refractivity contribution >= 4 is 19.8 Å². The van der Waals surface area contributed by atoms with E-state index < -0.39 is 26.5 Å². The van der Waals surface area contributed by atoms with Crippen LogP contribution in [0.2, 0.25) is 0 Å². The molecule has 88 heavy (non-hydrogen) atoms. The van der Waals surface area contributed by atoms with Crippen LogP contribution in [0.4, 0.5) is 0 Å². The molecule has 0 aliphatic heterocycles. The number of hydrogen-bond donors (Lipinski definition) is 1. The molecule has 0 saturated carbocycles. The van der Waals surface area contributed by atoms with Crippen LogP contribution in [0.3, 0.4) is 0 Å². The molecule has 0 bridgehead atoms. The monoisotopic (exact) mass is 1260 g/mol. The molecule has 2 atom stereocenters. The van der Waals surface area contributed by atoms with Gasteiger partial charge in [-0.05, 0) is 77.0 Å². The molecule has 0 heterocycles. The number of ether oxygens (including phenoxy) is 2. The summed E-state index contributed by atoms with van der Waals surface area (Å²) in [5.74, 6) is -0.783. The number of unbranched alkanes of at least 4 members (excludes halogenated alkanes) is 50. The zero-order chi connectivity index (χ0) is 64.1. The molecule has 0 rings (SSSR count). The van der Waals surface area contributed by atoms with E-state index in [-0.39, 0.29) is 25.6 Å². The molecule has 0 aromatic heterocycles. The first-order valence-electron chi connectivity index (χ1n) is 38.4. The van der Waals surface area contributed by atoms with Gasteiger partial charge in [0.05, 0.1) is 27.7 Å². The zero-order valence-corrected chi connectivity index (χ0v) is 60.1. The van der Waals surface area contributed by atoms with Crippen LogP contribution in [0, 0.1) is 0 Å². The summed E-state index contributed by atoms with van der Waals surface area (Å²) in [5.41, 5.74) is 0. The van der Waals surface area contributed by atoms with Crippen LogP contribution < -0.4 is 0 Å². The highest BCUT2D eigenvalue weighted by Gasteiger charge is 2.27. The molecule has 9 nitrogen and oxygen atoms in total. The molecule has 0 aromatic rings. The van der Waals surface area contributed by atoms with E-state index in [1.165, 1.54) is 302 Å². The number of phosphoric ester groups is 1. The maximum atomic E-state index is 12.9. The van der Waals surface area contributed by atoms with Gasteiger partial charge in [-0.1, -0.05) is 345 Å². The van der Waals surface area contributed by atoms with Crippen molar-refractivity contribution in [2.75, 3.05) is 47.5 Å². The minimum atomic E-state index is -4.39. The zero-order valence-electron chi connectivity index (χ0n) is 59.2. The van der Waals surface area contributed by atoms with Gasteiger partial charge in [-0.25, -0.2) is 4.57 Å². The van der Waals surface area contributed by atoms with Crippen molar-refractivity contribution < 1.29 is 42.1 Å². The van der Waals surface area contributed by atoms with Crippen LogP contribution in [-0.4, -0.2) is 74.9 Å². The summed E-state index contributed by atoms with van der Waals surface area (Å²) in [6, 6.07) is 0. The Morgan fingerprint density at radius 2 is 0.614 bits per heavy atom. The quantitative estimate of drug-likeness (QED) is 0.0211. The van der Waals surface area contributed by atoms with Gasteiger partial charge in [-0.3, -0.25) is 18.6 Å². The lowest BCUT2D eigenvalue weighted by molar-refractivity contribution is -0.870. The first kappa shape index (κ1) is 86.0. The second-order valence-electron chi connectivity index (χ2n) is 27.4. The van der Waals surface area contributed by atoms with Crippen LogP contribution in [0.1, 0.15) is 386 Å². The van der Waals surface area contributed by atoms with Gasteiger partial charge in [-0.15, -0.1) is 0 Å². The molecule has 1 N–H and O–H groups in total. The Balaban J connectivity index is 3.91. The number of phosphoric acid groups is 1. The van der Waals surface area contributed by atoms with Crippen molar-refractivity contribution in [1.82, 2.24) is 0 Å². The maximum Gasteiger partial charge on any atom is 0.472 e. The van der Waals surface area contributed by atoms with Crippen LogP contribution in [0.5, 0.6) is 0 Å². The number of carbonyl (C=O) groups is 2. The molecule has 0 aromatic carbocycles. The number of hydrogen-bond acceptors (Lipinski definition) is 7. The third-order valence-electron chi connectivity index (χ3n) is 17.3. The Labute approximate surface area is 547 Å². The van der Waals surface area contributed by atoms with Gasteiger partial charge in [0.25, 0.3) is 0 Å². The molecule has 518 valence electrons. The third-order valence-corrected chi connectivity index (χ3v) is 18.3. The van der Waals surface area contributed by atoms with E-state index in [1.807, 2.05) is 21.1 Å². The average Bonchev–Trinajstić information content (AvgIpc) is 3.57. The number of nitrogens with zero attached hydrogens (tertiary/aromatic N) is 1. The molecular formula is C78H149NO8P+. The van der Waals surface area contributed by atoms with Crippen LogP contribution in [0.25, 0.3) is 0 Å². The second kappa shape index (κ2) is 69.3. The molecule has 2 unspecified atom stereocenters. The Morgan fingerprint density at radius 1 is 0.352 bits per heavy atom. The summed E-state index contributed by atoms with van der Waals surface area (Å²) < 4.78 is 34.8. The van der Waals surface area contributed by atoms with Crippen molar-refractivity contribution in [2.45, 2.75) is 392 Å². The van der Waals surface area contributed by atoms with Gasteiger partial charge >= 0.3 is 19.8 Å². The van der Waals surface area contributed by atoms with Gasteiger partial charge in [0, 0.05) is 12.8 Å². The standard InChI is InChI=1S/C78H148NO8P/c1-6-8-10-12-14-16-18-20-22-24-26-28-30-32-33-34-35-36-37-38-39-40-41-42-43-44-45-47-48-50-52-54-56-58-60-62-64-66-68-70-77(80)84-74-76(75-86-88(82,83)85-73-72-79(3,4)5)87-78(81)71-69-67-65-63-61-59-57-55-53-51-49-46-31-29-27-25-23-21-19-17-15-13-11-9-7-2/h19,21,24-27,31,46,76H,6-18,20,22-23,28-30,32-45,47-75H2,1-5H3/p+1/b21-19-,26-24-,27-25-,46-31-. The summed E-state index contributed by atoms with van der Waals surface area (Å²) >= 11 is 0. The highest BCUT2D eigenvalue weighted by Crippen LogP contribution is 2.43. The minimum Gasteiger partial charge on any atom is -0.462 e. The summed E-state index contributed by atoms with van der Waals surface area (Å²) in [7, 11) is 1.49. The Bertz CT molecular complexity index is 1620. The van der Waals surface area contributed by atoms with Crippen LogP contribution >= 0.6 is 7.82 Å². The lowest BCUT2D eigenvalue weighted by Crippen LogP contribution is -2.37. The number of esters is 2. The smallest absolute Gasteiger partial charge is 0.462 e. The van der Waals surface area contributed by atoms with E-state index in [9.17, 15) is 19.0 Å². The number of carbonyl (C=O) groups excluding carboxylic acids is 2. The lowest BCUT2D eigenvalue weighted by Gasteiger charge is -2.24. The number of rotatable bonds is 72. The van der Waals surface area contributed by atoms with Crippen molar-refractivity contribution in [3.8, 4) is 0 Å². The first-order chi connectivity index (χ1) is 43.0. The molecular weight excluding hydrogens is 1110 g/mol. The van der Waals surface area contributed by atoms with E-state index in [4.69, 9.17) is 18.5 Å². The number of likely N-dealkylation sites (N-methyl/N-ethyl adjacent to an activating group) is 1. The fourth-order valence-corrected chi connectivity index (χ4v) is 12.2. The van der Waals surface area contributed by atoms with Gasteiger partial charge in [0.2, 0.25) is 0 Å². The summed E-state index contributed by atoms with van der Waals surface area (Å²) in [4.78, 5) is 35.9. The van der Waals surface area contributed by atoms with Crippen molar-refractivity contribution in [2.24, 2.45) is 0 Å². The third kappa shape index (κ3) is 73.0. The molecule has 0 aliphatic carbocycles. The van der Waals surface area contributed by atoms with Gasteiger partial charge in [0.15, 0.2) is 6.10 Å². The number of quaternary nitrogens is 1. The maximum absolute atomic E-state index is 12.9. The molecule has 10 heteroatoms. The molecule has 0 saturated heterocycles. The van der Waals surface area contributed by atoms with Crippen LogP contribution in [-0.2, 0) is 32.7 Å². The van der Waals surface area contributed by atoms with E-state index in [0.29, 0.717) is 23.9 Å². The fraction of sp³-hybridized carbons (Fsp3) is 0.872. The van der Waals surface area contributed by atoms with Gasteiger partial charge < -0.3 is 18.9 Å². The summed E-state index contributed by atoms with van der Waals surface area (Å²) in [6.45, 7) is 4.48. The van der Waals surface area contributed by atoms with Crippen LogP contribution in [0.15, 0.2) is 48.6 Å². The fourth-order valence-electron chi connectivity index (χ4n) is 11.4. The summed E-state index contributed by atoms with van der Waals surface area (Å²) in [6.07, 6.45) is 91.1. The minimum absolute atomic E-state index is 0.0320. The number of allylic oxidation sites excluding steroid dienone is 8. The molecule has 0 fully saturated rings. The SMILES string of the molecule is CCCCCCC/C=C\C/C=C\C/C=C\CCCCCCCCCCCCC(=O)OC(COC(=O)CCCCCCCCCCCCCCCCCCCCCCCCCCCCC/C=C\CCCCCCCCCC)COP(=O)(O)OCC[N+](C)(C)C. The van der Waals surface area contributed by atoms with Crippen molar-refractivity contribution in [1.29, 1.82) is 0 Å². The predicted molar refractivity (Wildman–Crippen MR) is 381 cm³/mol. The first-order valence-corrected chi connectivity index (χ1v) is 39.9. The van der Waals surface area contributed by atoms with E-state index in [1.54, 1.807) is 0 Å². The lowest BCUT2D eigenvalue weighted by atomic mass is 10.0. The highest BCUT2D eigenvalue weighted by molar-refractivity contribution is 7.47. The second-order valence-corrected chi connectivity index (χ2v) is 28.8. The Hall–Kier alpha value is -2.03. The molecule has 0 aliphatic rings. The van der Waals surface area contributed by atoms with E-state index in [2.05, 4.69) is 62.5 Å². The van der Waals surface area contributed by atoms with Crippen molar-refractivity contribution in [3.63, 3.8) is 0 Å². The molecule has 0 amide bonds. The normalized spacial score (nSPS) is 13.3. The van der Waals surface area contributed by atoms with Crippen molar-refractivity contribution in [3.05, 3.63) is 48.6 Å². The van der Waals surface area contributed by atoms with E-state index in [0.717, 1.165) is 51.4 Å².